The summed E-state index contributed by atoms with van der Waals surface area (Å²) < 4.78 is 7.60. The van der Waals surface area contributed by atoms with Crippen molar-refractivity contribution in [2.24, 2.45) is 11.7 Å². The maximum absolute atomic E-state index is 6.21. The molecule has 1 atom stereocenters. The van der Waals surface area contributed by atoms with E-state index in [2.05, 4.69) is 23.9 Å². The summed E-state index contributed by atoms with van der Waals surface area (Å²) in [4.78, 5) is 4.22. The van der Waals surface area contributed by atoms with Gasteiger partial charge < -0.3 is 10.5 Å². The SMILES string of the molecule is CC(C)Cn1ncnc1COc1ccc([C@H](C)N)cc1Cl. The summed E-state index contributed by atoms with van der Waals surface area (Å²) in [6.07, 6.45) is 1.54. The second-order valence-corrected chi connectivity index (χ2v) is 5.93. The lowest BCUT2D eigenvalue weighted by molar-refractivity contribution is 0.282. The first-order valence-electron chi connectivity index (χ1n) is 7.02. The summed E-state index contributed by atoms with van der Waals surface area (Å²) in [7, 11) is 0. The quantitative estimate of drug-likeness (QED) is 0.890. The third kappa shape index (κ3) is 4.19. The van der Waals surface area contributed by atoms with Crippen LogP contribution in [0.4, 0.5) is 0 Å². The van der Waals surface area contributed by atoms with Crippen molar-refractivity contribution in [3.05, 3.63) is 40.9 Å². The Kier molecular flexibility index (Phi) is 5.20. The topological polar surface area (TPSA) is 66.0 Å². The van der Waals surface area contributed by atoms with Crippen LogP contribution in [-0.4, -0.2) is 14.8 Å². The van der Waals surface area contributed by atoms with E-state index < -0.39 is 0 Å². The Morgan fingerprint density at radius 1 is 1.33 bits per heavy atom. The molecule has 0 unspecified atom stereocenters. The fourth-order valence-corrected chi connectivity index (χ4v) is 2.20. The van der Waals surface area contributed by atoms with Crippen molar-refractivity contribution in [1.29, 1.82) is 0 Å². The van der Waals surface area contributed by atoms with Gasteiger partial charge in [-0.2, -0.15) is 5.10 Å². The fraction of sp³-hybridized carbons (Fsp3) is 0.467. The first-order valence-corrected chi connectivity index (χ1v) is 7.39. The predicted octanol–water partition coefficient (Wildman–Crippen LogP) is 3.19. The molecule has 0 radical (unpaired) electrons. The highest BCUT2D eigenvalue weighted by atomic mass is 35.5. The Morgan fingerprint density at radius 3 is 2.71 bits per heavy atom. The van der Waals surface area contributed by atoms with Crippen LogP contribution < -0.4 is 10.5 Å². The van der Waals surface area contributed by atoms with Gasteiger partial charge >= 0.3 is 0 Å². The smallest absolute Gasteiger partial charge is 0.164 e. The first-order chi connectivity index (χ1) is 9.97. The molecule has 0 aliphatic carbocycles. The summed E-state index contributed by atoms with van der Waals surface area (Å²) in [6, 6.07) is 5.54. The molecule has 2 rings (SSSR count). The molecule has 2 aromatic rings. The average Bonchev–Trinajstić information content (AvgIpc) is 2.83. The summed E-state index contributed by atoms with van der Waals surface area (Å²) in [5.74, 6) is 1.91. The van der Waals surface area contributed by atoms with Crippen molar-refractivity contribution in [1.82, 2.24) is 14.8 Å². The van der Waals surface area contributed by atoms with E-state index >= 15 is 0 Å². The fourth-order valence-electron chi connectivity index (χ4n) is 1.96. The van der Waals surface area contributed by atoms with Crippen LogP contribution in [-0.2, 0) is 13.2 Å². The Hall–Kier alpha value is -1.59. The predicted molar refractivity (Wildman–Crippen MR) is 83.2 cm³/mol. The van der Waals surface area contributed by atoms with Gasteiger partial charge in [0.05, 0.1) is 5.02 Å². The highest BCUT2D eigenvalue weighted by Gasteiger charge is 2.10. The molecule has 1 heterocycles. The van der Waals surface area contributed by atoms with Gasteiger partial charge in [0.15, 0.2) is 5.82 Å². The molecule has 6 heteroatoms. The second kappa shape index (κ2) is 6.91. The standard InChI is InChI=1S/C15H21ClN4O/c1-10(2)7-20-15(18-9-19-20)8-21-14-5-4-12(11(3)17)6-13(14)16/h4-6,9-11H,7-8,17H2,1-3H3/t11-/m0/s1. The van der Waals surface area contributed by atoms with Gasteiger partial charge in [0.1, 0.15) is 18.7 Å². The van der Waals surface area contributed by atoms with Gasteiger partial charge in [-0.1, -0.05) is 31.5 Å². The third-order valence-corrected chi connectivity index (χ3v) is 3.37. The minimum Gasteiger partial charge on any atom is -0.484 e. The molecule has 0 saturated carbocycles. The molecule has 0 spiro atoms. The van der Waals surface area contributed by atoms with Crippen molar-refractivity contribution in [3.63, 3.8) is 0 Å². The Balaban J connectivity index is 2.05. The average molecular weight is 309 g/mol. The zero-order valence-electron chi connectivity index (χ0n) is 12.6. The number of benzene rings is 1. The van der Waals surface area contributed by atoms with E-state index in [-0.39, 0.29) is 6.04 Å². The molecular weight excluding hydrogens is 288 g/mol. The number of hydrogen-bond donors (Lipinski definition) is 1. The minimum absolute atomic E-state index is 0.0503. The van der Waals surface area contributed by atoms with Crippen LogP contribution in [0.2, 0.25) is 5.02 Å². The van der Waals surface area contributed by atoms with Crippen LogP contribution in [0.5, 0.6) is 5.75 Å². The molecule has 21 heavy (non-hydrogen) atoms. The molecule has 5 nitrogen and oxygen atoms in total. The largest absolute Gasteiger partial charge is 0.484 e. The molecule has 0 fully saturated rings. The van der Waals surface area contributed by atoms with E-state index in [1.165, 1.54) is 0 Å². The Bertz CT molecular complexity index is 595. The van der Waals surface area contributed by atoms with Crippen molar-refractivity contribution in [2.45, 2.75) is 40.0 Å². The molecule has 0 bridgehead atoms. The number of ether oxygens (including phenoxy) is 1. The number of hydrogen-bond acceptors (Lipinski definition) is 4. The lowest BCUT2D eigenvalue weighted by Crippen LogP contribution is -2.12. The maximum atomic E-state index is 6.21. The summed E-state index contributed by atoms with van der Waals surface area (Å²) in [5, 5.41) is 4.76. The van der Waals surface area contributed by atoms with Crippen LogP contribution in [0.3, 0.4) is 0 Å². The highest BCUT2D eigenvalue weighted by molar-refractivity contribution is 6.32. The van der Waals surface area contributed by atoms with E-state index in [4.69, 9.17) is 22.1 Å². The highest BCUT2D eigenvalue weighted by Crippen LogP contribution is 2.27. The van der Waals surface area contributed by atoms with Gasteiger partial charge in [0.2, 0.25) is 0 Å². The second-order valence-electron chi connectivity index (χ2n) is 5.52. The number of nitrogens with two attached hydrogens (primary N) is 1. The summed E-state index contributed by atoms with van der Waals surface area (Å²) in [6.45, 7) is 7.34. The van der Waals surface area contributed by atoms with Gasteiger partial charge in [-0.25, -0.2) is 9.67 Å². The van der Waals surface area contributed by atoms with Gasteiger partial charge in [-0.15, -0.1) is 0 Å². The minimum atomic E-state index is -0.0503. The van der Waals surface area contributed by atoms with Crippen LogP contribution >= 0.6 is 11.6 Å². The monoisotopic (exact) mass is 308 g/mol. The molecule has 1 aromatic heterocycles. The van der Waals surface area contributed by atoms with E-state index in [0.29, 0.717) is 23.3 Å². The molecule has 0 amide bonds. The number of nitrogens with zero attached hydrogens (tertiary/aromatic N) is 3. The molecule has 114 valence electrons. The number of halogens is 1. The lowest BCUT2D eigenvalue weighted by Gasteiger charge is -2.12. The Morgan fingerprint density at radius 2 is 2.10 bits per heavy atom. The number of aromatic nitrogens is 3. The molecular formula is C15H21ClN4O. The summed E-state index contributed by atoms with van der Waals surface area (Å²) >= 11 is 6.21. The van der Waals surface area contributed by atoms with Gasteiger partial charge in [-0.3, -0.25) is 0 Å². The van der Waals surface area contributed by atoms with Crippen molar-refractivity contribution in [2.75, 3.05) is 0 Å². The Labute approximate surface area is 130 Å². The first kappa shape index (κ1) is 15.8. The molecule has 0 saturated heterocycles. The van der Waals surface area contributed by atoms with E-state index in [1.54, 1.807) is 6.33 Å². The molecule has 1 aromatic carbocycles. The molecule has 0 aliphatic heterocycles. The van der Waals surface area contributed by atoms with E-state index in [1.807, 2.05) is 29.8 Å². The molecule has 2 N–H and O–H groups in total. The van der Waals surface area contributed by atoms with Crippen LogP contribution in [0.15, 0.2) is 24.5 Å². The lowest BCUT2D eigenvalue weighted by atomic mass is 10.1. The van der Waals surface area contributed by atoms with Crippen LogP contribution in [0.25, 0.3) is 0 Å². The van der Waals surface area contributed by atoms with Crippen LogP contribution in [0, 0.1) is 5.92 Å². The zero-order valence-corrected chi connectivity index (χ0v) is 13.3. The van der Waals surface area contributed by atoms with Gasteiger partial charge in [0, 0.05) is 12.6 Å². The summed E-state index contributed by atoms with van der Waals surface area (Å²) in [5.41, 5.74) is 6.81. The number of rotatable bonds is 6. The maximum Gasteiger partial charge on any atom is 0.164 e. The van der Waals surface area contributed by atoms with Crippen molar-refractivity contribution < 1.29 is 4.74 Å². The van der Waals surface area contributed by atoms with E-state index in [9.17, 15) is 0 Å². The van der Waals surface area contributed by atoms with Gasteiger partial charge in [-0.05, 0) is 30.5 Å². The van der Waals surface area contributed by atoms with Crippen LogP contribution in [0.1, 0.15) is 38.2 Å². The van der Waals surface area contributed by atoms with Crippen molar-refractivity contribution in [3.8, 4) is 5.75 Å². The molecule has 0 aliphatic rings. The van der Waals surface area contributed by atoms with E-state index in [0.717, 1.165) is 17.9 Å². The normalized spacial score (nSPS) is 12.7. The van der Waals surface area contributed by atoms with Gasteiger partial charge in [0.25, 0.3) is 0 Å². The third-order valence-electron chi connectivity index (χ3n) is 3.07. The zero-order chi connectivity index (χ0) is 15.4. The van der Waals surface area contributed by atoms with Crippen molar-refractivity contribution >= 4 is 11.6 Å².